The summed E-state index contributed by atoms with van der Waals surface area (Å²) >= 11 is 6.23. The van der Waals surface area contributed by atoms with Crippen LogP contribution >= 0.6 is 11.6 Å². The van der Waals surface area contributed by atoms with Gasteiger partial charge in [0.15, 0.2) is 17.5 Å². The molecule has 0 aliphatic heterocycles. The zero-order chi connectivity index (χ0) is 28.0. The second kappa shape index (κ2) is 9.95. The molecule has 4 nitrogen and oxygen atoms in total. The van der Waals surface area contributed by atoms with E-state index in [0.717, 1.165) is 55.1 Å². The Morgan fingerprint density at radius 3 is 1.93 bits per heavy atom. The Morgan fingerprint density at radius 2 is 1.12 bits per heavy atom. The van der Waals surface area contributed by atoms with Crippen LogP contribution in [-0.4, -0.2) is 15.0 Å². The standard InChI is InChI=1S/C37H22ClN3O/c38-28-12-6-11-27(22-28)23-16-18-26(19-17-23)36-39-35(25-9-2-1-3-10-25)40-37(41-36)31-15-7-14-30-33-29-13-5-4-8-24(29)20-21-32(33)42-34(30)31/h1-22H. The van der Waals surface area contributed by atoms with E-state index in [4.69, 9.17) is 31.0 Å². The number of para-hydroxylation sites is 1. The molecule has 0 amide bonds. The summed E-state index contributed by atoms with van der Waals surface area (Å²) in [6.07, 6.45) is 0. The molecule has 0 unspecified atom stereocenters. The summed E-state index contributed by atoms with van der Waals surface area (Å²) < 4.78 is 6.50. The second-order valence-corrected chi connectivity index (χ2v) is 10.6. The van der Waals surface area contributed by atoms with Crippen molar-refractivity contribution in [2.45, 2.75) is 0 Å². The van der Waals surface area contributed by atoms with Gasteiger partial charge in [0.05, 0.1) is 5.56 Å². The molecule has 0 radical (unpaired) electrons. The van der Waals surface area contributed by atoms with Gasteiger partial charge >= 0.3 is 0 Å². The molecule has 8 aromatic rings. The van der Waals surface area contributed by atoms with Gasteiger partial charge < -0.3 is 4.42 Å². The van der Waals surface area contributed by atoms with Crippen LogP contribution in [0.1, 0.15) is 0 Å². The van der Waals surface area contributed by atoms with Crippen molar-refractivity contribution in [1.82, 2.24) is 15.0 Å². The molecule has 0 atom stereocenters. The SMILES string of the molecule is Clc1cccc(-c2ccc(-c3nc(-c4ccccc4)nc(-c4cccc5c4oc4ccc6ccccc6c45)n3)cc2)c1. The molecular formula is C37H22ClN3O. The van der Waals surface area contributed by atoms with Crippen molar-refractivity contribution in [3.8, 4) is 45.3 Å². The molecule has 0 aliphatic carbocycles. The molecule has 0 saturated carbocycles. The molecule has 8 rings (SSSR count). The summed E-state index contributed by atoms with van der Waals surface area (Å²) in [5.74, 6) is 1.76. The van der Waals surface area contributed by atoms with Crippen molar-refractivity contribution in [2.24, 2.45) is 0 Å². The molecule has 2 heterocycles. The lowest BCUT2D eigenvalue weighted by Crippen LogP contribution is -2.00. The average Bonchev–Trinajstić information content (AvgIpc) is 3.45. The van der Waals surface area contributed by atoms with Crippen LogP contribution in [0, 0.1) is 0 Å². The number of halogens is 1. The first-order valence-corrected chi connectivity index (χ1v) is 14.1. The molecule has 42 heavy (non-hydrogen) atoms. The average molecular weight is 560 g/mol. The quantitative estimate of drug-likeness (QED) is 0.215. The first-order chi connectivity index (χ1) is 20.7. The molecule has 0 N–H and O–H groups in total. The first-order valence-electron chi connectivity index (χ1n) is 13.7. The van der Waals surface area contributed by atoms with E-state index >= 15 is 0 Å². The molecule has 0 fully saturated rings. The predicted molar refractivity (Wildman–Crippen MR) is 171 cm³/mol. The molecule has 198 valence electrons. The fraction of sp³-hybridized carbons (Fsp3) is 0. The highest BCUT2D eigenvalue weighted by atomic mass is 35.5. The van der Waals surface area contributed by atoms with Crippen molar-refractivity contribution >= 4 is 44.3 Å². The Hall–Kier alpha value is -5.32. The van der Waals surface area contributed by atoms with Crippen LogP contribution in [0.4, 0.5) is 0 Å². The maximum atomic E-state index is 6.50. The minimum atomic E-state index is 0.562. The molecule has 6 aromatic carbocycles. The van der Waals surface area contributed by atoms with E-state index in [1.165, 1.54) is 5.39 Å². The van der Waals surface area contributed by atoms with Gasteiger partial charge in [0.2, 0.25) is 0 Å². The van der Waals surface area contributed by atoms with E-state index in [1.807, 2.05) is 84.9 Å². The highest BCUT2D eigenvalue weighted by Gasteiger charge is 2.18. The summed E-state index contributed by atoms with van der Waals surface area (Å²) in [6, 6.07) is 44.7. The number of benzene rings is 6. The van der Waals surface area contributed by atoms with Crippen LogP contribution in [-0.2, 0) is 0 Å². The van der Waals surface area contributed by atoms with Gasteiger partial charge in [0, 0.05) is 26.9 Å². The van der Waals surface area contributed by atoms with Crippen molar-refractivity contribution in [3.63, 3.8) is 0 Å². The number of rotatable bonds is 4. The predicted octanol–water partition coefficient (Wildman–Crippen LogP) is 10.2. The van der Waals surface area contributed by atoms with Crippen LogP contribution in [0.25, 0.3) is 78.0 Å². The van der Waals surface area contributed by atoms with Crippen LogP contribution < -0.4 is 0 Å². The Labute approximate surface area is 246 Å². The summed E-state index contributed by atoms with van der Waals surface area (Å²) in [7, 11) is 0. The van der Waals surface area contributed by atoms with Gasteiger partial charge in [-0.15, -0.1) is 0 Å². The summed E-state index contributed by atoms with van der Waals surface area (Å²) in [4.78, 5) is 14.9. The molecule has 0 aliphatic rings. The molecule has 2 aromatic heterocycles. The van der Waals surface area contributed by atoms with E-state index in [9.17, 15) is 0 Å². The largest absolute Gasteiger partial charge is 0.455 e. The topological polar surface area (TPSA) is 51.8 Å². The van der Waals surface area contributed by atoms with Crippen LogP contribution in [0.15, 0.2) is 138 Å². The lowest BCUT2D eigenvalue weighted by molar-refractivity contribution is 0.670. The van der Waals surface area contributed by atoms with Crippen molar-refractivity contribution in [1.29, 1.82) is 0 Å². The molecule has 0 bridgehead atoms. The third kappa shape index (κ3) is 4.21. The van der Waals surface area contributed by atoms with E-state index in [1.54, 1.807) is 0 Å². The van der Waals surface area contributed by atoms with E-state index < -0.39 is 0 Å². The first kappa shape index (κ1) is 24.5. The van der Waals surface area contributed by atoms with Gasteiger partial charge in [-0.25, -0.2) is 15.0 Å². The summed E-state index contributed by atoms with van der Waals surface area (Å²) in [5, 5.41) is 5.17. The number of fused-ring (bicyclic) bond motifs is 5. The Morgan fingerprint density at radius 1 is 0.476 bits per heavy atom. The molecular weight excluding hydrogens is 538 g/mol. The lowest BCUT2D eigenvalue weighted by atomic mass is 10.0. The number of nitrogens with zero attached hydrogens (tertiary/aromatic N) is 3. The van der Waals surface area contributed by atoms with Crippen LogP contribution in [0.2, 0.25) is 5.02 Å². The minimum absolute atomic E-state index is 0.562. The van der Waals surface area contributed by atoms with Crippen molar-refractivity contribution in [3.05, 3.63) is 138 Å². The highest BCUT2D eigenvalue weighted by molar-refractivity contribution is 6.30. The fourth-order valence-corrected chi connectivity index (χ4v) is 5.76. The third-order valence-electron chi connectivity index (χ3n) is 7.60. The van der Waals surface area contributed by atoms with Gasteiger partial charge in [-0.3, -0.25) is 0 Å². The minimum Gasteiger partial charge on any atom is -0.455 e. The third-order valence-corrected chi connectivity index (χ3v) is 7.83. The molecule has 5 heteroatoms. The highest BCUT2D eigenvalue weighted by Crippen LogP contribution is 2.39. The lowest BCUT2D eigenvalue weighted by Gasteiger charge is -2.09. The maximum absolute atomic E-state index is 6.50. The van der Waals surface area contributed by atoms with Crippen LogP contribution in [0.3, 0.4) is 0 Å². The van der Waals surface area contributed by atoms with E-state index in [2.05, 4.69) is 48.5 Å². The second-order valence-electron chi connectivity index (χ2n) is 10.2. The van der Waals surface area contributed by atoms with Crippen LogP contribution in [0.5, 0.6) is 0 Å². The zero-order valence-electron chi connectivity index (χ0n) is 22.3. The van der Waals surface area contributed by atoms with Gasteiger partial charge in [0.1, 0.15) is 11.2 Å². The van der Waals surface area contributed by atoms with Gasteiger partial charge in [-0.05, 0) is 46.2 Å². The maximum Gasteiger partial charge on any atom is 0.167 e. The monoisotopic (exact) mass is 559 g/mol. The Balaban J connectivity index is 1.32. The van der Waals surface area contributed by atoms with Gasteiger partial charge in [0.25, 0.3) is 0 Å². The number of hydrogen-bond acceptors (Lipinski definition) is 4. The fourth-order valence-electron chi connectivity index (χ4n) is 5.57. The van der Waals surface area contributed by atoms with Gasteiger partial charge in [-0.1, -0.05) is 121 Å². The summed E-state index contributed by atoms with van der Waals surface area (Å²) in [5.41, 5.74) is 6.36. The van der Waals surface area contributed by atoms with E-state index in [-0.39, 0.29) is 0 Å². The normalized spacial score (nSPS) is 11.5. The van der Waals surface area contributed by atoms with E-state index in [0.29, 0.717) is 22.5 Å². The molecule has 0 saturated heterocycles. The van der Waals surface area contributed by atoms with Gasteiger partial charge in [-0.2, -0.15) is 0 Å². The zero-order valence-corrected chi connectivity index (χ0v) is 23.1. The molecule has 0 spiro atoms. The number of hydrogen-bond donors (Lipinski definition) is 0. The van der Waals surface area contributed by atoms with Crippen molar-refractivity contribution in [2.75, 3.05) is 0 Å². The Kier molecular flexibility index (Phi) is 5.80. The number of aromatic nitrogens is 3. The Bertz CT molecular complexity index is 2260. The summed E-state index contributed by atoms with van der Waals surface area (Å²) in [6.45, 7) is 0. The number of furan rings is 1. The van der Waals surface area contributed by atoms with Crippen molar-refractivity contribution < 1.29 is 4.42 Å². The smallest absolute Gasteiger partial charge is 0.167 e.